The number of aromatic hydroxyl groups is 1. The molecular weight excluding hydrogens is 222 g/mol. The molecule has 2 rings (SSSR count). The van der Waals surface area contributed by atoms with Gasteiger partial charge in [-0.3, -0.25) is 0 Å². The highest BCUT2D eigenvalue weighted by Crippen LogP contribution is 2.21. The molecule has 0 saturated heterocycles. The fourth-order valence-electron chi connectivity index (χ4n) is 2.10. The maximum Gasteiger partial charge on any atom is 0.116 e. The van der Waals surface area contributed by atoms with Crippen molar-refractivity contribution in [1.82, 2.24) is 5.32 Å². The van der Waals surface area contributed by atoms with Crippen molar-refractivity contribution in [1.29, 1.82) is 0 Å². The lowest BCUT2D eigenvalue weighted by Crippen LogP contribution is -2.18. The van der Waals surface area contributed by atoms with Crippen LogP contribution in [0.2, 0.25) is 0 Å². The van der Waals surface area contributed by atoms with Crippen LogP contribution in [0.3, 0.4) is 0 Å². The Labute approximate surface area is 109 Å². The molecule has 0 unspecified atom stereocenters. The summed E-state index contributed by atoms with van der Waals surface area (Å²) in [5, 5.41) is 15.2. The quantitative estimate of drug-likeness (QED) is 0.761. The van der Waals surface area contributed by atoms with E-state index in [9.17, 15) is 5.11 Å². The number of unbranched alkanes of at least 4 members (excludes halogenated alkanes) is 1. The zero-order valence-corrected chi connectivity index (χ0v) is 10.9. The van der Waals surface area contributed by atoms with Gasteiger partial charge in [-0.05, 0) is 54.4 Å². The van der Waals surface area contributed by atoms with E-state index in [1.54, 1.807) is 12.1 Å². The summed E-state index contributed by atoms with van der Waals surface area (Å²) in [7, 11) is 0. The second-order valence-corrected chi connectivity index (χ2v) is 4.72. The molecule has 0 aromatic heterocycles. The van der Waals surface area contributed by atoms with Crippen LogP contribution in [0.4, 0.5) is 0 Å². The van der Waals surface area contributed by atoms with Crippen molar-refractivity contribution in [3.63, 3.8) is 0 Å². The average molecular weight is 243 g/mol. The molecule has 2 N–H and O–H groups in total. The Morgan fingerprint density at radius 3 is 2.61 bits per heavy atom. The molecule has 0 heterocycles. The Morgan fingerprint density at radius 2 is 1.78 bits per heavy atom. The lowest BCUT2D eigenvalue weighted by molar-refractivity contribution is 0.476. The monoisotopic (exact) mass is 243 g/mol. The highest BCUT2D eigenvalue weighted by molar-refractivity contribution is 5.84. The summed E-state index contributed by atoms with van der Waals surface area (Å²) in [6.07, 6.45) is 3.55. The fraction of sp³-hybridized carbons (Fsp3) is 0.375. The molecule has 18 heavy (non-hydrogen) atoms. The molecule has 0 radical (unpaired) electrons. The standard InChI is InChI=1S/C16H21NO/c1-2-3-9-17-10-8-13-4-5-15-12-16(18)7-6-14(15)11-13/h4-7,11-12,17-18H,2-3,8-10H2,1H3. The zero-order chi connectivity index (χ0) is 12.8. The molecule has 0 bridgehead atoms. The fourth-order valence-corrected chi connectivity index (χ4v) is 2.10. The van der Waals surface area contributed by atoms with Crippen LogP contribution in [0.15, 0.2) is 36.4 Å². The van der Waals surface area contributed by atoms with Gasteiger partial charge < -0.3 is 10.4 Å². The molecule has 2 aromatic carbocycles. The minimum Gasteiger partial charge on any atom is -0.508 e. The minimum absolute atomic E-state index is 0.330. The van der Waals surface area contributed by atoms with Crippen molar-refractivity contribution in [2.24, 2.45) is 0 Å². The highest BCUT2D eigenvalue weighted by atomic mass is 16.3. The predicted molar refractivity (Wildman–Crippen MR) is 77.1 cm³/mol. The molecule has 0 amide bonds. The van der Waals surface area contributed by atoms with Gasteiger partial charge in [0.2, 0.25) is 0 Å². The summed E-state index contributed by atoms with van der Waals surface area (Å²) in [6.45, 7) is 4.35. The highest BCUT2D eigenvalue weighted by Gasteiger charge is 1.98. The van der Waals surface area contributed by atoms with Gasteiger partial charge >= 0.3 is 0 Å². The number of rotatable bonds is 6. The molecule has 2 aromatic rings. The normalized spacial score (nSPS) is 10.9. The van der Waals surface area contributed by atoms with Gasteiger partial charge in [0.1, 0.15) is 5.75 Å². The van der Waals surface area contributed by atoms with Gasteiger partial charge in [0, 0.05) is 0 Å². The molecule has 0 saturated carbocycles. The first kappa shape index (κ1) is 12.9. The maximum atomic E-state index is 9.41. The smallest absolute Gasteiger partial charge is 0.116 e. The summed E-state index contributed by atoms with van der Waals surface area (Å²) in [5.74, 6) is 0.330. The number of phenols is 1. The van der Waals surface area contributed by atoms with E-state index in [0.717, 1.165) is 24.9 Å². The second-order valence-electron chi connectivity index (χ2n) is 4.72. The maximum absolute atomic E-state index is 9.41. The molecule has 0 aliphatic carbocycles. The molecule has 0 fully saturated rings. The van der Waals surface area contributed by atoms with Crippen LogP contribution in [0.25, 0.3) is 10.8 Å². The number of benzene rings is 2. The average Bonchev–Trinajstić information content (AvgIpc) is 2.38. The van der Waals surface area contributed by atoms with E-state index in [0.29, 0.717) is 5.75 Å². The second kappa shape index (κ2) is 6.41. The molecule has 0 aliphatic rings. The first-order valence-electron chi connectivity index (χ1n) is 6.72. The van der Waals surface area contributed by atoms with Crippen LogP contribution >= 0.6 is 0 Å². The number of fused-ring (bicyclic) bond motifs is 1. The lowest BCUT2D eigenvalue weighted by Gasteiger charge is -2.06. The van der Waals surface area contributed by atoms with Crippen molar-refractivity contribution in [3.05, 3.63) is 42.0 Å². The van der Waals surface area contributed by atoms with E-state index < -0.39 is 0 Å². The molecule has 2 heteroatoms. The van der Waals surface area contributed by atoms with Crippen LogP contribution in [0, 0.1) is 0 Å². The van der Waals surface area contributed by atoms with Crippen LogP contribution in [0.5, 0.6) is 5.75 Å². The molecule has 2 nitrogen and oxygen atoms in total. The van der Waals surface area contributed by atoms with Crippen molar-refractivity contribution in [2.75, 3.05) is 13.1 Å². The Hall–Kier alpha value is -1.54. The van der Waals surface area contributed by atoms with Gasteiger partial charge in [-0.1, -0.05) is 37.6 Å². The largest absolute Gasteiger partial charge is 0.508 e. The number of phenolic OH excluding ortho intramolecular Hbond substituents is 1. The summed E-state index contributed by atoms with van der Waals surface area (Å²) in [6, 6.07) is 11.9. The summed E-state index contributed by atoms with van der Waals surface area (Å²) in [4.78, 5) is 0. The first-order valence-corrected chi connectivity index (χ1v) is 6.72. The molecular formula is C16H21NO. The van der Waals surface area contributed by atoms with Crippen molar-refractivity contribution < 1.29 is 5.11 Å². The first-order chi connectivity index (χ1) is 8.79. The van der Waals surface area contributed by atoms with Crippen molar-refractivity contribution in [2.45, 2.75) is 26.2 Å². The van der Waals surface area contributed by atoms with E-state index >= 15 is 0 Å². The topological polar surface area (TPSA) is 32.3 Å². The minimum atomic E-state index is 0.330. The van der Waals surface area contributed by atoms with Gasteiger partial charge in [-0.15, -0.1) is 0 Å². The van der Waals surface area contributed by atoms with Gasteiger partial charge in [0.25, 0.3) is 0 Å². The Balaban J connectivity index is 1.95. The third-order valence-corrected chi connectivity index (χ3v) is 3.19. The predicted octanol–water partition coefficient (Wildman–Crippen LogP) is 3.48. The number of nitrogens with one attached hydrogen (secondary N) is 1. The van der Waals surface area contributed by atoms with E-state index in [1.165, 1.54) is 23.8 Å². The van der Waals surface area contributed by atoms with Gasteiger partial charge in [-0.25, -0.2) is 0 Å². The third kappa shape index (κ3) is 3.47. The summed E-state index contributed by atoms with van der Waals surface area (Å²) in [5.41, 5.74) is 1.34. The van der Waals surface area contributed by atoms with Gasteiger partial charge in [-0.2, -0.15) is 0 Å². The van der Waals surface area contributed by atoms with E-state index in [1.807, 2.05) is 6.07 Å². The molecule has 0 spiro atoms. The summed E-state index contributed by atoms with van der Waals surface area (Å²) >= 11 is 0. The number of hydrogen-bond acceptors (Lipinski definition) is 2. The van der Waals surface area contributed by atoms with Crippen LogP contribution in [0.1, 0.15) is 25.3 Å². The van der Waals surface area contributed by atoms with Gasteiger partial charge in [0.05, 0.1) is 0 Å². The van der Waals surface area contributed by atoms with Crippen LogP contribution in [-0.2, 0) is 6.42 Å². The Morgan fingerprint density at radius 1 is 1.00 bits per heavy atom. The van der Waals surface area contributed by atoms with Gasteiger partial charge in [0.15, 0.2) is 0 Å². The Bertz CT molecular complexity index is 507. The summed E-state index contributed by atoms with van der Waals surface area (Å²) < 4.78 is 0. The van der Waals surface area contributed by atoms with Crippen molar-refractivity contribution in [3.8, 4) is 5.75 Å². The van der Waals surface area contributed by atoms with E-state index in [4.69, 9.17) is 0 Å². The van der Waals surface area contributed by atoms with E-state index in [2.05, 4.69) is 30.4 Å². The SMILES string of the molecule is CCCCNCCc1ccc2cc(O)ccc2c1. The van der Waals surface area contributed by atoms with Crippen molar-refractivity contribution >= 4 is 10.8 Å². The zero-order valence-electron chi connectivity index (χ0n) is 10.9. The third-order valence-electron chi connectivity index (χ3n) is 3.19. The van der Waals surface area contributed by atoms with Crippen LogP contribution in [-0.4, -0.2) is 18.2 Å². The molecule has 0 atom stereocenters. The Kier molecular flexibility index (Phi) is 4.59. The van der Waals surface area contributed by atoms with Crippen LogP contribution < -0.4 is 5.32 Å². The molecule has 96 valence electrons. The number of hydrogen-bond donors (Lipinski definition) is 2. The van der Waals surface area contributed by atoms with E-state index in [-0.39, 0.29) is 0 Å². The lowest BCUT2D eigenvalue weighted by atomic mass is 10.0. The molecule has 0 aliphatic heterocycles.